The Morgan fingerprint density at radius 3 is 2.17 bits per heavy atom. The Hall–Kier alpha value is -1.41. The first kappa shape index (κ1) is 26.6. The fourth-order valence-electron chi connectivity index (χ4n) is 3.29. The molecule has 0 heterocycles. The molecule has 0 aliphatic carbocycles. The molecule has 8 heteroatoms. The molecule has 1 atom stereocenters. The third-order valence-electron chi connectivity index (χ3n) is 5.01. The summed E-state index contributed by atoms with van der Waals surface area (Å²) in [4.78, 5) is 26.3. The Kier molecular flexibility index (Phi) is 12.3. The zero-order chi connectivity index (χ0) is 22.6. The van der Waals surface area contributed by atoms with Gasteiger partial charge in [-0.3, -0.25) is 9.59 Å². The van der Waals surface area contributed by atoms with Gasteiger partial charge < -0.3 is 10.0 Å². The molecule has 1 amide bonds. The molecule has 30 heavy (non-hydrogen) atoms. The second-order valence-corrected chi connectivity index (χ2v) is 10.6. The van der Waals surface area contributed by atoms with Crippen LogP contribution in [0.5, 0.6) is 0 Å². The van der Waals surface area contributed by atoms with Gasteiger partial charge in [0.25, 0.3) is 0 Å². The topological polar surface area (TPSA) is 91.8 Å². The SMILES string of the molecule is CCCCCN(CCCCC)C(=O)C(CCC(=O)O)CS(=O)(=O)c1cccc(Br)c1. The zero-order valence-corrected chi connectivity index (χ0v) is 20.4. The van der Waals surface area contributed by atoms with Crippen molar-refractivity contribution in [1.82, 2.24) is 4.90 Å². The van der Waals surface area contributed by atoms with Gasteiger partial charge in [0.2, 0.25) is 5.91 Å². The molecule has 170 valence electrons. The number of halogens is 1. The van der Waals surface area contributed by atoms with E-state index in [1.54, 1.807) is 17.0 Å². The van der Waals surface area contributed by atoms with E-state index < -0.39 is 21.7 Å². The van der Waals surface area contributed by atoms with Gasteiger partial charge in [-0.2, -0.15) is 0 Å². The van der Waals surface area contributed by atoms with E-state index in [9.17, 15) is 18.0 Å². The Labute approximate surface area is 189 Å². The van der Waals surface area contributed by atoms with E-state index in [1.165, 1.54) is 12.1 Å². The number of aliphatic carboxylic acids is 1. The second kappa shape index (κ2) is 13.8. The molecule has 1 aromatic carbocycles. The van der Waals surface area contributed by atoms with Crippen LogP contribution in [0.4, 0.5) is 0 Å². The van der Waals surface area contributed by atoms with Crippen LogP contribution in [0.25, 0.3) is 0 Å². The van der Waals surface area contributed by atoms with Crippen LogP contribution in [-0.4, -0.2) is 49.1 Å². The monoisotopic (exact) mass is 503 g/mol. The van der Waals surface area contributed by atoms with Gasteiger partial charge in [-0.1, -0.05) is 61.5 Å². The van der Waals surface area contributed by atoms with Gasteiger partial charge in [0, 0.05) is 24.0 Å². The minimum atomic E-state index is -3.73. The van der Waals surface area contributed by atoms with Crippen LogP contribution in [-0.2, 0) is 19.4 Å². The predicted molar refractivity (Wildman–Crippen MR) is 122 cm³/mol. The van der Waals surface area contributed by atoms with Crippen molar-refractivity contribution in [2.75, 3.05) is 18.8 Å². The summed E-state index contributed by atoms with van der Waals surface area (Å²) in [6, 6.07) is 6.37. The van der Waals surface area contributed by atoms with E-state index in [1.807, 2.05) is 0 Å². The van der Waals surface area contributed by atoms with Crippen molar-refractivity contribution in [3.8, 4) is 0 Å². The van der Waals surface area contributed by atoms with Crippen molar-refractivity contribution in [1.29, 1.82) is 0 Å². The van der Waals surface area contributed by atoms with Gasteiger partial charge in [0.1, 0.15) is 0 Å². The first-order valence-electron chi connectivity index (χ1n) is 10.7. The summed E-state index contributed by atoms with van der Waals surface area (Å²) >= 11 is 3.28. The maximum atomic E-state index is 13.3. The van der Waals surface area contributed by atoms with Gasteiger partial charge in [0.15, 0.2) is 9.84 Å². The molecule has 0 aliphatic rings. The van der Waals surface area contributed by atoms with Gasteiger partial charge in [-0.15, -0.1) is 0 Å². The molecular weight excluding hydrogens is 470 g/mol. The molecule has 1 N–H and O–H groups in total. The molecule has 0 saturated heterocycles. The molecule has 0 spiro atoms. The summed E-state index contributed by atoms with van der Waals surface area (Å²) in [5.41, 5.74) is 0. The fourth-order valence-corrected chi connectivity index (χ4v) is 5.47. The fraction of sp³-hybridized carbons (Fsp3) is 0.636. The minimum Gasteiger partial charge on any atom is -0.481 e. The molecule has 0 fully saturated rings. The smallest absolute Gasteiger partial charge is 0.303 e. The lowest BCUT2D eigenvalue weighted by atomic mass is 10.0. The van der Waals surface area contributed by atoms with Gasteiger partial charge in [0.05, 0.1) is 16.6 Å². The first-order chi connectivity index (χ1) is 14.2. The van der Waals surface area contributed by atoms with E-state index >= 15 is 0 Å². The number of rotatable bonds is 15. The zero-order valence-electron chi connectivity index (χ0n) is 18.0. The number of hydrogen-bond acceptors (Lipinski definition) is 4. The Morgan fingerprint density at radius 1 is 1.07 bits per heavy atom. The standard InChI is InChI=1S/C22H34BrNO5S/c1-3-5-7-14-24(15-8-6-4-2)22(27)18(12-13-21(25)26)17-30(28,29)20-11-9-10-19(23)16-20/h9-11,16,18H,3-8,12-15,17H2,1-2H3,(H,25,26). The average Bonchev–Trinajstić information content (AvgIpc) is 2.69. The molecule has 1 aromatic rings. The minimum absolute atomic E-state index is 0.0133. The summed E-state index contributed by atoms with van der Waals surface area (Å²) in [7, 11) is -3.73. The number of unbranched alkanes of at least 4 members (excludes halogenated alkanes) is 4. The maximum Gasteiger partial charge on any atom is 0.303 e. The van der Waals surface area contributed by atoms with E-state index in [-0.39, 0.29) is 29.4 Å². The summed E-state index contributed by atoms with van der Waals surface area (Å²) in [6.45, 7) is 5.33. The number of nitrogens with zero attached hydrogens (tertiary/aromatic N) is 1. The number of carboxylic acids is 1. The Bertz CT molecular complexity index is 771. The number of carbonyl (C=O) groups excluding carboxylic acids is 1. The first-order valence-corrected chi connectivity index (χ1v) is 13.1. The summed E-state index contributed by atoms with van der Waals surface area (Å²) < 4.78 is 26.5. The number of sulfone groups is 1. The van der Waals surface area contributed by atoms with Crippen LogP contribution in [0.15, 0.2) is 33.6 Å². The highest BCUT2D eigenvalue weighted by Crippen LogP contribution is 2.22. The van der Waals surface area contributed by atoms with Crippen molar-refractivity contribution < 1.29 is 23.1 Å². The van der Waals surface area contributed by atoms with E-state index in [0.717, 1.165) is 38.5 Å². The second-order valence-electron chi connectivity index (χ2n) is 7.61. The van der Waals surface area contributed by atoms with Crippen LogP contribution in [0.1, 0.15) is 65.2 Å². The molecule has 0 bridgehead atoms. The lowest BCUT2D eigenvalue weighted by molar-refractivity contribution is -0.138. The predicted octanol–water partition coefficient (Wildman–Crippen LogP) is 4.91. The third-order valence-corrected chi connectivity index (χ3v) is 7.31. The highest BCUT2D eigenvalue weighted by Gasteiger charge is 2.30. The summed E-state index contributed by atoms with van der Waals surface area (Å²) in [5.74, 6) is -2.53. The van der Waals surface area contributed by atoms with E-state index in [0.29, 0.717) is 17.6 Å². The number of carbonyl (C=O) groups is 2. The Balaban J connectivity index is 3.06. The normalized spacial score (nSPS) is 12.5. The number of hydrogen-bond donors (Lipinski definition) is 1. The van der Waals surface area contributed by atoms with Gasteiger partial charge in [-0.25, -0.2) is 8.42 Å². The molecule has 1 unspecified atom stereocenters. The van der Waals surface area contributed by atoms with Crippen molar-refractivity contribution in [3.05, 3.63) is 28.7 Å². The van der Waals surface area contributed by atoms with Gasteiger partial charge in [-0.05, 0) is 37.5 Å². The van der Waals surface area contributed by atoms with E-state index in [2.05, 4.69) is 29.8 Å². The largest absolute Gasteiger partial charge is 0.481 e. The molecule has 6 nitrogen and oxygen atoms in total. The quantitative estimate of drug-likeness (QED) is 0.343. The summed E-state index contributed by atoms with van der Waals surface area (Å²) in [6.07, 6.45) is 5.53. The lowest BCUT2D eigenvalue weighted by Crippen LogP contribution is -2.40. The van der Waals surface area contributed by atoms with Crippen LogP contribution >= 0.6 is 15.9 Å². The number of benzene rings is 1. The van der Waals surface area contributed by atoms with Crippen molar-refractivity contribution in [3.63, 3.8) is 0 Å². The lowest BCUT2D eigenvalue weighted by Gasteiger charge is -2.27. The third kappa shape index (κ3) is 9.60. The molecule has 0 aliphatic heterocycles. The molecule has 0 aromatic heterocycles. The number of carboxylic acid groups (broad SMARTS) is 1. The molecule has 0 radical (unpaired) electrons. The van der Waals surface area contributed by atoms with Crippen LogP contribution in [0.2, 0.25) is 0 Å². The summed E-state index contributed by atoms with van der Waals surface area (Å²) in [5, 5.41) is 9.10. The molecule has 1 rings (SSSR count). The van der Waals surface area contributed by atoms with Crippen LogP contribution in [0, 0.1) is 5.92 Å². The molecule has 0 saturated carbocycles. The Morgan fingerprint density at radius 2 is 1.67 bits per heavy atom. The van der Waals surface area contributed by atoms with Crippen molar-refractivity contribution in [2.45, 2.75) is 70.1 Å². The maximum absolute atomic E-state index is 13.3. The highest BCUT2D eigenvalue weighted by molar-refractivity contribution is 9.10. The van der Waals surface area contributed by atoms with Crippen molar-refractivity contribution >= 4 is 37.6 Å². The van der Waals surface area contributed by atoms with Crippen LogP contribution in [0.3, 0.4) is 0 Å². The van der Waals surface area contributed by atoms with Gasteiger partial charge >= 0.3 is 5.97 Å². The van der Waals surface area contributed by atoms with E-state index in [4.69, 9.17) is 5.11 Å². The average molecular weight is 504 g/mol. The molecular formula is C22H34BrNO5S. The highest BCUT2D eigenvalue weighted by atomic mass is 79.9. The number of amides is 1. The van der Waals surface area contributed by atoms with Crippen molar-refractivity contribution in [2.24, 2.45) is 5.92 Å². The van der Waals surface area contributed by atoms with Crippen LogP contribution < -0.4 is 0 Å².